The lowest BCUT2D eigenvalue weighted by Crippen LogP contribution is -2.15. The largest absolute Gasteiger partial charge is 0.334 e. The van der Waals surface area contributed by atoms with Gasteiger partial charge in [0.1, 0.15) is 5.82 Å². The minimum Gasteiger partial charge on any atom is -0.334 e. The van der Waals surface area contributed by atoms with Crippen molar-refractivity contribution < 1.29 is 0 Å². The van der Waals surface area contributed by atoms with E-state index in [4.69, 9.17) is 0 Å². The van der Waals surface area contributed by atoms with Crippen molar-refractivity contribution in [1.29, 1.82) is 0 Å². The van der Waals surface area contributed by atoms with E-state index >= 15 is 0 Å². The van der Waals surface area contributed by atoms with Crippen LogP contribution in [-0.4, -0.2) is 16.6 Å². The third-order valence-corrected chi connectivity index (χ3v) is 2.75. The lowest BCUT2D eigenvalue weighted by atomic mass is 10.0. The highest BCUT2D eigenvalue weighted by Gasteiger charge is 2.07. The highest BCUT2D eigenvalue weighted by atomic mass is 15.1. The summed E-state index contributed by atoms with van der Waals surface area (Å²) in [7, 11) is 1.95. The molecule has 80 valence electrons. The summed E-state index contributed by atoms with van der Waals surface area (Å²) in [5, 5.41) is 3.14. The van der Waals surface area contributed by atoms with Crippen molar-refractivity contribution in [1.82, 2.24) is 14.9 Å². The Balaban J connectivity index is 2.60. The average molecular weight is 195 g/mol. The number of aromatic nitrogens is 2. The first kappa shape index (κ1) is 11.2. The first-order valence-electron chi connectivity index (χ1n) is 5.46. The molecule has 3 heteroatoms. The summed E-state index contributed by atoms with van der Waals surface area (Å²) in [4.78, 5) is 4.33. The van der Waals surface area contributed by atoms with E-state index < -0.39 is 0 Å². The summed E-state index contributed by atoms with van der Waals surface area (Å²) in [6.45, 7) is 6.46. The zero-order valence-corrected chi connectivity index (χ0v) is 9.45. The van der Waals surface area contributed by atoms with Crippen LogP contribution in [0.2, 0.25) is 0 Å². The van der Waals surface area contributed by atoms with Crippen molar-refractivity contribution in [2.45, 2.75) is 39.8 Å². The third kappa shape index (κ3) is 2.84. The second kappa shape index (κ2) is 5.81. The van der Waals surface area contributed by atoms with Gasteiger partial charge in [-0.15, -0.1) is 0 Å². The number of nitrogens with one attached hydrogen (secondary N) is 1. The van der Waals surface area contributed by atoms with Crippen molar-refractivity contribution >= 4 is 0 Å². The molecule has 0 aliphatic rings. The molecule has 3 nitrogen and oxygen atoms in total. The average Bonchev–Trinajstić information content (AvgIpc) is 2.62. The standard InChI is InChI=1S/C11H21N3/c1-4-10(5-2)9-14-7-6-13-11(14)8-12-3/h6-7,10,12H,4-5,8-9H2,1-3H3. The fourth-order valence-electron chi connectivity index (χ4n) is 1.66. The molecule has 0 saturated carbocycles. The number of hydrogen-bond acceptors (Lipinski definition) is 2. The summed E-state index contributed by atoms with van der Waals surface area (Å²) in [6, 6.07) is 0. The maximum Gasteiger partial charge on any atom is 0.122 e. The van der Waals surface area contributed by atoms with Gasteiger partial charge in [0.05, 0.1) is 6.54 Å². The lowest BCUT2D eigenvalue weighted by molar-refractivity contribution is 0.409. The molecule has 0 fully saturated rings. The Bertz CT molecular complexity index is 251. The number of hydrogen-bond donors (Lipinski definition) is 1. The molecule has 0 atom stereocenters. The van der Waals surface area contributed by atoms with E-state index in [2.05, 4.69) is 34.9 Å². The molecule has 0 bridgehead atoms. The van der Waals surface area contributed by atoms with Crippen LogP contribution >= 0.6 is 0 Å². The summed E-state index contributed by atoms with van der Waals surface area (Å²) in [5.41, 5.74) is 0. The number of nitrogens with zero attached hydrogens (tertiary/aromatic N) is 2. The highest BCUT2D eigenvalue weighted by Crippen LogP contribution is 2.11. The molecule has 0 aromatic carbocycles. The topological polar surface area (TPSA) is 29.9 Å². The number of imidazole rings is 1. The van der Waals surface area contributed by atoms with Crippen LogP contribution in [0.15, 0.2) is 12.4 Å². The normalized spacial score (nSPS) is 11.1. The molecule has 0 radical (unpaired) electrons. The van der Waals surface area contributed by atoms with Gasteiger partial charge in [-0.2, -0.15) is 0 Å². The van der Waals surface area contributed by atoms with Gasteiger partial charge in [0.25, 0.3) is 0 Å². The number of rotatable bonds is 6. The lowest BCUT2D eigenvalue weighted by Gasteiger charge is -2.14. The van der Waals surface area contributed by atoms with E-state index in [1.54, 1.807) is 0 Å². The summed E-state index contributed by atoms with van der Waals surface area (Å²) in [5.74, 6) is 1.92. The van der Waals surface area contributed by atoms with Crippen molar-refractivity contribution in [3.05, 3.63) is 18.2 Å². The first-order chi connectivity index (χ1) is 6.81. The van der Waals surface area contributed by atoms with Gasteiger partial charge in [-0.05, 0) is 13.0 Å². The van der Waals surface area contributed by atoms with Crippen LogP contribution in [0.3, 0.4) is 0 Å². The van der Waals surface area contributed by atoms with E-state index in [1.807, 2.05) is 13.2 Å². The fourth-order valence-corrected chi connectivity index (χ4v) is 1.66. The van der Waals surface area contributed by atoms with E-state index in [9.17, 15) is 0 Å². The molecule has 1 heterocycles. The van der Waals surface area contributed by atoms with Crippen LogP contribution in [0.25, 0.3) is 0 Å². The predicted octanol–water partition coefficient (Wildman–Crippen LogP) is 2.04. The molecule has 0 amide bonds. The van der Waals surface area contributed by atoms with Gasteiger partial charge >= 0.3 is 0 Å². The maximum absolute atomic E-state index is 4.33. The van der Waals surface area contributed by atoms with E-state index in [-0.39, 0.29) is 0 Å². The zero-order chi connectivity index (χ0) is 10.4. The maximum atomic E-state index is 4.33. The Labute approximate surface area is 86.5 Å². The van der Waals surface area contributed by atoms with Gasteiger partial charge in [0, 0.05) is 18.9 Å². The molecular formula is C11H21N3. The third-order valence-electron chi connectivity index (χ3n) is 2.75. The molecule has 1 rings (SSSR count). The van der Waals surface area contributed by atoms with E-state index in [0.29, 0.717) is 0 Å². The van der Waals surface area contributed by atoms with Gasteiger partial charge in [-0.25, -0.2) is 4.98 Å². The summed E-state index contributed by atoms with van der Waals surface area (Å²) >= 11 is 0. The summed E-state index contributed by atoms with van der Waals surface area (Å²) < 4.78 is 2.26. The van der Waals surface area contributed by atoms with Crippen molar-refractivity contribution in [3.63, 3.8) is 0 Å². The van der Waals surface area contributed by atoms with Gasteiger partial charge in [0.2, 0.25) is 0 Å². The second-order valence-electron chi connectivity index (χ2n) is 3.71. The van der Waals surface area contributed by atoms with Crippen molar-refractivity contribution in [2.24, 2.45) is 5.92 Å². The van der Waals surface area contributed by atoms with Crippen LogP contribution < -0.4 is 5.32 Å². The molecule has 1 N–H and O–H groups in total. The van der Waals surface area contributed by atoms with Crippen LogP contribution in [0.1, 0.15) is 32.5 Å². The Hall–Kier alpha value is -0.830. The molecule has 0 aliphatic heterocycles. The van der Waals surface area contributed by atoms with Crippen LogP contribution in [0.5, 0.6) is 0 Å². The Morgan fingerprint density at radius 2 is 2.14 bits per heavy atom. The molecule has 14 heavy (non-hydrogen) atoms. The van der Waals surface area contributed by atoms with E-state index in [1.165, 1.54) is 12.8 Å². The monoisotopic (exact) mass is 195 g/mol. The van der Waals surface area contributed by atoms with Crippen LogP contribution in [-0.2, 0) is 13.1 Å². The van der Waals surface area contributed by atoms with Crippen molar-refractivity contribution in [2.75, 3.05) is 7.05 Å². The summed E-state index contributed by atoms with van der Waals surface area (Å²) in [6.07, 6.45) is 6.45. The molecule has 0 unspecified atom stereocenters. The van der Waals surface area contributed by atoms with Crippen LogP contribution in [0, 0.1) is 5.92 Å². The Kier molecular flexibility index (Phi) is 4.66. The highest BCUT2D eigenvalue weighted by molar-refractivity contribution is 4.92. The minimum absolute atomic E-state index is 0.778. The molecule has 0 aliphatic carbocycles. The molecule has 0 saturated heterocycles. The molecule has 1 aromatic rings. The predicted molar refractivity (Wildman–Crippen MR) is 59.1 cm³/mol. The van der Waals surface area contributed by atoms with Crippen LogP contribution in [0.4, 0.5) is 0 Å². The quantitative estimate of drug-likeness (QED) is 0.752. The van der Waals surface area contributed by atoms with Gasteiger partial charge in [-0.3, -0.25) is 0 Å². The van der Waals surface area contributed by atoms with E-state index in [0.717, 1.165) is 24.8 Å². The molecular weight excluding hydrogens is 174 g/mol. The molecule has 0 spiro atoms. The first-order valence-corrected chi connectivity index (χ1v) is 5.46. The molecule has 1 aromatic heterocycles. The zero-order valence-electron chi connectivity index (χ0n) is 9.45. The van der Waals surface area contributed by atoms with Gasteiger partial charge in [0.15, 0.2) is 0 Å². The van der Waals surface area contributed by atoms with Gasteiger partial charge in [-0.1, -0.05) is 26.7 Å². The van der Waals surface area contributed by atoms with Gasteiger partial charge < -0.3 is 9.88 Å². The Morgan fingerprint density at radius 1 is 1.43 bits per heavy atom. The minimum atomic E-state index is 0.778. The SMILES string of the molecule is CCC(CC)Cn1ccnc1CNC. The Morgan fingerprint density at radius 3 is 2.71 bits per heavy atom. The fraction of sp³-hybridized carbons (Fsp3) is 0.727. The smallest absolute Gasteiger partial charge is 0.122 e. The second-order valence-corrected chi connectivity index (χ2v) is 3.71. The van der Waals surface area contributed by atoms with Crippen molar-refractivity contribution in [3.8, 4) is 0 Å².